The minimum atomic E-state index is -0.236. The van der Waals surface area contributed by atoms with Crippen molar-refractivity contribution in [3.63, 3.8) is 0 Å². The Morgan fingerprint density at radius 2 is 1.81 bits per heavy atom. The first-order valence-electron chi connectivity index (χ1n) is 13.3. The van der Waals surface area contributed by atoms with Crippen LogP contribution >= 0.6 is 0 Å². The van der Waals surface area contributed by atoms with Crippen molar-refractivity contribution in [2.24, 2.45) is 0 Å². The van der Waals surface area contributed by atoms with E-state index in [2.05, 4.69) is 38.3 Å². The molecule has 0 spiro atoms. The van der Waals surface area contributed by atoms with Gasteiger partial charge in [0.1, 0.15) is 18.1 Å². The summed E-state index contributed by atoms with van der Waals surface area (Å²) >= 11 is 0. The first kappa shape index (κ1) is 27.6. The molecule has 198 valence electrons. The van der Waals surface area contributed by atoms with Crippen molar-refractivity contribution in [3.05, 3.63) is 36.0 Å². The van der Waals surface area contributed by atoms with Gasteiger partial charge in [0, 0.05) is 24.1 Å². The van der Waals surface area contributed by atoms with E-state index >= 15 is 0 Å². The summed E-state index contributed by atoms with van der Waals surface area (Å²) in [6, 6.07) is 9.51. The molecule has 0 bridgehead atoms. The van der Waals surface area contributed by atoms with E-state index < -0.39 is 0 Å². The number of carbonyl (C=O) groups is 2. The zero-order valence-electron chi connectivity index (χ0n) is 22.6. The third-order valence-corrected chi connectivity index (χ3v) is 6.65. The number of hydrogen-bond donors (Lipinski definition) is 2. The quantitative estimate of drug-likeness (QED) is 0.415. The Morgan fingerprint density at radius 3 is 2.42 bits per heavy atom. The molecule has 36 heavy (non-hydrogen) atoms. The molecule has 0 unspecified atom stereocenters. The van der Waals surface area contributed by atoms with Crippen LogP contribution < -0.4 is 15.4 Å². The fourth-order valence-electron chi connectivity index (χ4n) is 4.43. The SMILES string of the molecule is CCCCCN(CC(=O)Nc1cc(C(C)(C)C)nn1-c1ccc(OC)cc1)C(=O)NC1CCCCC1. The lowest BCUT2D eigenvalue weighted by molar-refractivity contribution is -0.116. The maximum atomic E-state index is 13.2. The second kappa shape index (κ2) is 12.8. The number of nitrogens with one attached hydrogen (secondary N) is 2. The number of aromatic nitrogens is 2. The highest BCUT2D eigenvalue weighted by Gasteiger charge is 2.24. The van der Waals surface area contributed by atoms with Crippen molar-refractivity contribution in [1.29, 1.82) is 0 Å². The van der Waals surface area contributed by atoms with Gasteiger partial charge in [0.05, 0.1) is 18.5 Å². The van der Waals surface area contributed by atoms with Crippen LogP contribution in [0, 0.1) is 0 Å². The number of amides is 3. The van der Waals surface area contributed by atoms with Gasteiger partial charge in [-0.15, -0.1) is 0 Å². The molecule has 1 aliphatic rings. The average molecular weight is 498 g/mol. The van der Waals surface area contributed by atoms with Crippen LogP contribution in [0.3, 0.4) is 0 Å². The molecule has 0 aliphatic heterocycles. The maximum Gasteiger partial charge on any atom is 0.318 e. The van der Waals surface area contributed by atoms with Crippen molar-refractivity contribution < 1.29 is 14.3 Å². The van der Waals surface area contributed by atoms with E-state index in [0.717, 1.165) is 62.1 Å². The summed E-state index contributed by atoms with van der Waals surface area (Å²) in [5, 5.41) is 11.0. The van der Waals surface area contributed by atoms with Gasteiger partial charge in [-0.25, -0.2) is 9.48 Å². The maximum absolute atomic E-state index is 13.2. The van der Waals surface area contributed by atoms with Gasteiger partial charge in [0.25, 0.3) is 0 Å². The summed E-state index contributed by atoms with van der Waals surface area (Å²) in [4.78, 5) is 27.9. The van der Waals surface area contributed by atoms with E-state index in [-0.39, 0.29) is 29.9 Å². The van der Waals surface area contributed by atoms with Crippen LogP contribution in [0.2, 0.25) is 0 Å². The van der Waals surface area contributed by atoms with E-state index in [0.29, 0.717) is 12.4 Å². The van der Waals surface area contributed by atoms with Crippen molar-refractivity contribution in [1.82, 2.24) is 20.0 Å². The minimum absolute atomic E-state index is 0.000904. The Balaban J connectivity index is 1.76. The molecule has 1 heterocycles. The summed E-state index contributed by atoms with van der Waals surface area (Å²) in [6.45, 7) is 8.96. The number of ether oxygens (including phenoxy) is 1. The van der Waals surface area contributed by atoms with Gasteiger partial charge in [-0.05, 0) is 43.5 Å². The number of hydrogen-bond acceptors (Lipinski definition) is 4. The highest BCUT2D eigenvalue weighted by atomic mass is 16.5. The van der Waals surface area contributed by atoms with Crippen LogP contribution in [-0.4, -0.2) is 52.9 Å². The summed E-state index contributed by atoms with van der Waals surface area (Å²) in [7, 11) is 1.63. The molecule has 8 nitrogen and oxygen atoms in total. The van der Waals surface area contributed by atoms with Crippen LogP contribution in [0.4, 0.5) is 10.6 Å². The number of benzene rings is 1. The van der Waals surface area contributed by atoms with Gasteiger partial charge in [0.15, 0.2) is 0 Å². The normalized spacial score (nSPS) is 14.4. The zero-order chi connectivity index (χ0) is 26.1. The molecule has 0 radical (unpaired) electrons. The molecule has 1 aromatic carbocycles. The predicted octanol–water partition coefficient (Wildman–Crippen LogP) is 5.65. The highest BCUT2D eigenvalue weighted by Crippen LogP contribution is 2.27. The fourth-order valence-corrected chi connectivity index (χ4v) is 4.43. The van der Waals surface area contributed by atoms with Crippen LogP contribution in [0.25, 0.3) is 5.69 Å². The summed E-state index contributed by atoms with van der Waals surface area (Å²) in [5.41, 5.74) is 1.49. The molecular formula is C28H43N5O3. The standard InChI is InChI=1S/C28H43N5O3/c1-6-7-11-18-32(27(35)29-21-12-9-8-10-13-21)20-26(34)30-25-19-24(28(2,3)4)31-33(25)22-14-16-23(36-5)17-15-22/h14-17,19,21H,6-13,18,20H2,1-5H3,(H,29,35)(H,30,34). The molecule has 1 aromatic heterocycles. The van der Waals surface area contributed by atoms with Crippen LogP contribution in [0.5, 0.6) is 5.75 Å². The van der Waals surface area contributed by atoms with Crippen molar-refractivity contribution >= 4 is 17.8 Å². The summed E-state index contributed by atoms with van der Waals surface area (Å²) in [5.74, 6) is 1.09. The van der Waals surface area contributed by atoms with Crippen LogP contribution in [0.1, 0.15) is 84.8 Å². The van der Waals surface area contributed by atoms with Gasteiger partial charge in [-0.2, -0.15) is 5.10 Å². The number of rotatable bonds is 10. The first-order valence-corrected chi connectivity index (χ1v) is 13.3. The second-order valence-corrected chi connectivity index (χ2v) is 10.7. The summed E-state index contributed by atoms with van der Waals surface area (Å²) in [6.07, 6.45) is 8.50. The number of urea groups is 1. The molecule has 2 aromatic rings. The zero-order valence-corrected chi connectivity index (χ0v) is 22.6. The lowest BCUT2D eigenvalue weighted by Gasteiger charge is -2.28. The van der Waals surface area contributed by atoms with Crippen molar-refractivity contribution in [2.45, 2.75) is 90.5 Å². The van der Waals surface area contributed by atoms with Gasteiger partial charge < -0.3 is 20.3 Å². The molecule has 3 rings (SSSR count). The number of unbranched alkanes of at least 4 members (excludes halogenated alkanes) is 2. The third kappa shape index (κ3) is 7.73. The Morgan fingerprint density at radius 1 is 1.11 bits per heavy atom. The largest absolute Gasteiger partial charge is 0.497 e. The topological polar surface area (TPSA) is 88.5 Å². The van der Waals surface area contributed by atoms with E-state index in [4.69, 9.17) is 9.84 Å². The van der Waals surface area contributed by atoms with Gasteiger partial charge in [-0.1, -0.05) is 59.8 Å². The van der Waals surface area contributed by atoms with Crippen LogP contribution in [-0.2, 0) is 10.2 Å². The average Bonchev–Trinajstić information content (AvgIpc) is 3.28. The Kier molecular flexibility index (Phi) is 9.79. The van der Waals surface area contributed by atoms with E-state index in [1.54, 1.807) is 16.7 Å². The number of nitrogens with zero attached hydrogens (tertiary/aromatic N) is 3. The lowest BCUT2D eigenvalue weighted by Crippen LogP contribution is -2.48. The minimum Gasteiger partial charge on any atom is -0.497 e. The van der Waals surface area contributed by atoms with E-state index in [1.807, 2.05) is 30.3 Å². The number of methoxy groups -OCH3 is 1. The number of carbonyl (C=O) groups excluding carboxylic acids is 2. The lowest BCUT2D eigenvalue weighted by atomic mass is 9.92. The smallest absolute Gasteiger partial charge is 0.318 e. The second-order valence-electron chi connectivity index (χ2n) is 10.7. The van der Waals surface area contributed by atoms with Gasteiger partial charge in [-0.3, -0.25) is 4.79 Å². The molecule has 1 aliphatic carbocycles. The molecule has 0 saturated heterocycles. The van der Waals surface area contributed by atoms with Crippen LogP contribution in [0.15, 0.2) is 30.3 Å². The molecular weight excluding hydrogens is 454 g/mol. The predicted molar refractivity (Wildman–Crippen MR) is 144 cm³/mol. The Hall–Kier alpha value is -3.03. The molecule has 0 atom stereocenters. The molecule has 3 amide bonds. The monoisotopic (exact) mass is 497 g/mol. The van der Waals surface area contributed by atoms with E-state index in [9.17, 15) is 9.59 Å². The molecule has 1 saturated carbocycles. The fraction of sp³-hybridized carbons (Fsp3) is 0.607. The number of anilines is 1. The molecule has 8 heteroatoms. The molecule has 2 N–H and O–H groups in total. The molecule has 1 fully saturated rings. The van der Waals surface area contributed by atoms with Crippen molar-refractivity contribution in [3.8, 4) is 11.4 Å². The highest BCUT2D eigenvalue weighted by molar-refractivity contribution is 5.94. The van der Waals surface area contributed by atoms with Crippen molar-refractivity contribution in [2.75, 3.05) is 25.5 Å². The Labute approximate surface area is 215 Å². The summed E-state index contributed by atoms with van der Waals surface area (Å²) < 4.78 is 7.01. The van der Waals surface area contributed by atoms with Gasteiger partial charge in [0.2, 0.25) is 5.91 Å². The third-order valence-electron chi connectivity index (χ3n) is 6.65. The van der Waals surface area contributed by atoms with Gasteiger partial charge >= 0.3 is 6.03 Å². The van der Waals surface area contributed by atoms with E-state index in [1.165, 1.54) is 6.42 Å². The Bertz CT molecular complexity index is 988. The first-order chi connectivity index (χ1) is 17.2.